The van der Waals surface area contributed by atoms with Crippen LogP contribution in [0.4, 0.5) is 0 Å². The summed E-state index contributed by atoms with van der Waals surface area (Å²) in [5, 5.41) is 5.78. The average Bonchev–Trinajstić information content (AvgIpc) is 3.12. The maximum atomic E-state index is 12.8. The van der Waals surface area contributed by atoms with Gasteiger partial charge in [0.05, 0.1) is 16.9 Å². The van der Waals surface area contributed by atoms with Crippen molar-refractivity contribution in [3.63, 3.8) is 0 Å². The van der Waals surface area contributed by atoms with Crippen LogP contribution in [0.3, 0.4) is 0 Å². The molecule has 29 heavy (non-hydrogen) atoms. The molecular formula is C23H23ClN4O. The average molecular weight is 407 g/mol. The molecule has 4 rings (SSSR count). The summed E-state index contributed by atoms with van der Waals surface area (Å²) in [7, 11) is 1.96. The highest BCUT2D eigenvalue weighted by Crippen LogP contribution is 2.23. The Balaban J connectivity index is 1.68. The van der Waals surface area contributed by atoms with Crippen molar-refractivity contribution in [2.45, 2.75) is 32.6 Å². The number of hydrogen-bond donors (Lipinski definition) is 0. The van der Waals surface area contributed by atoms with Gasteiger partial charge in [-0.2, -0.15) is 10.1 Å². The lowest BCUT2D eigenvalue weighted by Gasteiger charge is -2.13. The summed E-state index contributed by atoms with van der Waals surface area (Å²) in [4.78, 5) is 17.2. The molecule has 6 heteroatoms. The highest BCUT2D eigenvalue weighted by molar-refractivity contribution is 6.31. The molecule has 0 fully saturated rings. The number of aryl methyl sites for hydroxylation is 4. The Hall–Kier alpha value is -2.92. The lowest BCUT2D eigenvalue weighted by Crippen LogP contribution is -2.23. The minimum absolute atomic E-state index is 0.274. The zero-order chi connectivity index (χ0) is 20.4. The van der Waals surface area contributed by atoms with Crippen LogP contribution in [0.25, 0.3) is 16.6 Å². The molecule has 0 saturated heterocycles. The quantitative estimate of drug-likeness (QED) is 0.473. The molecule has 0 aliphatic rings. The van der Waals surface area contributed by atoms with Crippen molar-refractivity contribution >= 4 is 22.5 Å². The summed E-state index contributed by atoms with van der Waals surface area (Å²) in [6.07, 6.45) is 5.42. The number of halogens is 1. The van der Waals surface area contributed by atoms with E-state index < -0.39 is 0 Å². The Kier molecular flexibility index (Phi) is 5.49. The summed E-state index contributed by atoms with van der Waals surface area (Å²) < 4.78 is 3.57. The van der Waals surface area contributed by atoms with Crippen LogP contribution in [0.5, 0.6) is 0 Å². The molecule has 0 unspecified atom stereocenters. The van der Waals surface area contributed by atoms with Crippen LogP contribution in [-0.4, -0.2) is 19.3 Å². The molecule has 0 radical (unpaired) electrons. The SMILES string of the molecule is CCc1nc(=O)n(-c2cccc(CCCc3ccnn3C)c2)c2cc(Cl)ccc12. The lowest BCUT2D eigenvalue weighted by atomic mass is 10.1. The van der Waals surface area contributed by atoms with Gasteiger partial charge in [0.25, 0.3) is 0 Å². The lowest BCUT2D eigenvalue weighted by molar-refractivity contribution is 0.682. The second-order valence-corrected chi connectivity index (χ2v) is 7.60. The summed E-state index contributed by atoms with van der Waals surface area (Å²) in [5.74, 6) is 0. The molecule has 0 aliphatic carbocycles. The highest BCUT2D eigenvalue weighted by Gasteiger charge is 2.12. The number of rotatable bonds is 6. The zero-order valence-electron chi connectivity index (χ0n) is 16.6. The van der Waals surface area contributed by atoms with Gasteiger partial charge in [-0.3, -0.25) is 9.25 Å². The number of fused-ring (bicyclic) bond motifs is 1. The Bertz CT molecular complexity index is 1230. The predicted octanol–water partition coefficient (Wildman–Crippen LogP) is 4.51. The van der Waals surface area contributed by atoms with Crippen LogP contribution in [0.15, 0.2) is 59.5 Å². The molecule has 5 nitrogen and oxygen atoms in total. The molecule has 148 valence electrons. The fourth-order valence-corrected chi connectivity index (χ4v) is 3.92. The first-order valence-electron chi connectivity index (χ1n) is 9.84. The maximum absolute atomic E-state index is 12.8. The van der Waals surface area contributed by atoms with Crippen molar-refractivity contribution in [1.82, 2.24) is 19.3 Å². The molecule has 0 spiro atoms. The Labute approximate surface area is 174 Å². The minimum Gasteiger partial charge on any atom is -0.273 e. The number of nitrogens with zero attached hydrogens (tertiary/aromatic N) is 4. The highest BCUT2D eigenvalue weighted by atomic mass is 35.5. The predicted molar refractivity (Wildman–Crippen MR) is 117 cm³/mol. The normalized spacial score (nSPS) is 11.3. The number of hydrogen-bond acceptors (Lipinski definition) is 3. The molecule has 2 aromatic heterocycles. The van der Waals surface area contributed by atoms with Crippen LogP contribution in [-0.2, 0) is 26.3 Å². The van der Waals surface area contributed by atoms with Crippen molar-refractivity contribution in [2.24, 2.45) is 7.05 Å². The molecule has 0 saturated carbocycles. The minimum atomic E-state index is -0.274. The standard InChI is InChI=1S/C23H23ClN4O/c1-3-21-20-11-10-17(24)15-22(20)28(23(29)26-21)19-9-5-7-16(14-19)6-4-8-18-12-13-25-27(18)2/h5,7,9-15H,3-4,6,8H2,1-2H3. The van der Waals surface area contributed by atoms with Crippen molar-refractivity contribution in [2.75, 3.05) is 0 Å². The Morgan fingerprint density at radius 1 is 1.07 bits per heavy atom. The van der Waals surface area contributed by atoms with Crippen LogP contribution in [0.2, 0.25) is 5.02 Å². The van der Waals surface area contributed by atoms with E-state index in [4.69, 9.17) is 11.6 Å². The van der Waals surface area contributed by atoms with Gasteiger partial charge in [0.2, 0.25) is 0 Å². The van der Waals surface area contributed by atoms with Gasteiger partial charge in [0.15, 0.2) is 0 Å². The van der Waals surface area contributed by atoms with E-state index in [0.29, 0.717) is 11.4 Å². The van der Waals surface area contributed by atoms with Gasteiger partial charge in [-0.05, 0) is 67.6 Å². The fraction of sp³-hybridized carbons (Fsp3) is 0.261. The summed E-state index contributed by atoms with van der Waals surface area (Å²) in [6, 6.07) is 15.8. The molecule has 2 aromatic carbocycles. The van der Waals surface area contributed by atoms with Crippen molar-refractivity contribution < 1.29 is 0 Å². The van der Waals surface area contributed by atoms with Crippen LogP contribution >= 0.6 is 11.6 Å². The van der Waals surface area contributed by atoms with Crippen molar-refractivity contribution in [1.29, 1.82) is 0 Å². The molecule has 0 bridgehead atoms. The molecule has 2 heterocycles. The van der Waals surface area contributed by atoms with Gasteiger partial charge in [-0.15, -0.1) is 0 Å². The third-order valence-corrected chi connectivity index (χ3v) is 5.49. The van der Waals surface area contributed by atoms with Gasteiger partial charge in [-0.25, -0.2) is 4.79 Å². The van der Waals surface area contributed by atoms with E-state index in [2.05, 4.69) is 22.2 Å². The van der Waals surface area contributed by atoms with Crippen LogP contribution < -0.4 is 5.69 Å². The summed E-state index contributed by atoms with van der Waals surface area (Å²) in [5.41, 5.74) is 4.54. The van der Waals surface area contributed by atoms with Gasteiger partial charge < -0.3 is 0 Å². The molecule has 0 amide bonds. The third kappa shape index (κ3) is 3.96. The smallest absolute Gasteiger partial charge is 0.273 e. The fourth-order valence-electron chi connectivity index (χ4n) is 3.75. The second kappa shape index (κ2) is 8.21. The van der Waals surface area contributed by atoms with E-state index in [1.54, 1.807) is 4.57 Å². The Morgan fingerprint density at radius 3 is 2.69 bits per heavy atom. The van der Waals surface area contributed by atoms with Gasteiger partial charge in [0, 0.05) is 29.3 Å². The first-order chi connectivity index (χ1) is 14.1. The van der Waals surface area contributed by atoms with E-state index in [1.807, 2.05) is 61.2 Å². The van der Waals surface area contributed by atoms with Gasteiger partial charge >= 0.3 is 5.69 Å². The summed E-state index contributed by atoms with van der Waals surface area (Å²) in [6.45, 7) is 2.00. The van der Waals surface area contributed by atoms with E-state index in [0.717, 1.165) is 41.5 Å². The van der Waals surface area contributed by atoms with E-state index >= 15 is 0 Å². The van der Waals surface area contributed by atoms with E-state index in [-0.39, 0.29) is 5.69 Å². The molecule has 4 aromatic rings. The van der Waals surface area contributed by atoms with Crippen LogP contribution in [0.1, 0.15) is 30.3 Å². The van der Waals surface area contributed by atoms with E-state index in [1.165, 1.54) is 11.3 Å². The second-order valence-electron chi connectivity index (χ2n) is 7.16. The molecular weight excluding hydrogens is 384 g/mol. The monoisotopic (exact) mass is 406 g/mol. The molecule has 0 N–H and O–H groups in total. The first-order valence-corrected chi connectivity index (χ1v) is 10.2. The Morgan fingerprint density at radius 2 is 1.93 bits per heavy atom. The maximum Gasteiger partial charge on any atom is 0.352 e. The largest absolute Gasteiger partial charge is 0.352 e. The molecule has 0 aliphatic heterocycles. The topological polar surface area (TPSA) is 52.7 Å². The van der Waals surface area contributed by atoms with Gasteiger partial charge in [0.1, 0.15) is 0 Å². The zero-order valence-corrected chi connectivity index (χ0v) is 17.4. The number of aromatic nitrogens is 4. The summed E-state index contributed by atoms with van der Waals surface area (Å²) >= 11 is 6.24. The van der Waals surface area contributed by atoms with Crippen molar-refractivity contribution in [3.8, 4) is 5.69 Å². The molecule has 0 atom stereocenters. The van der Waals surface area contributed by atoms with Gasteiger partial charge in [-0.1, -0.05) is 30.7 Å². The van der Waals surface area contributed by atoms with Crippen molar-refractivity contribution in [3.05, 3.63) is 87.2 Å². The number of benzene rings is 2. The third-order valence-electron chi connectivity index (χ3n) is 5.26. The van der Waals surface area contributed by atoms with Crippen LogP contribution in [0, 0.1) is 0 Å². The first kappa shape index (κ1) is 19.4. The van der Waals surface area contributed by atoms with E-state index in [9.17, 15) is 4.79 Å².